The molecular weight excluding hydrogens is 442 g/mol. The fraction of sp³-hybridized carbons (Fsp3) is 0.208. The number of aromatic nitrogens is 3. The number of benzene rings is 2. The number of methoxy groups -OCH3 is 1. The van der Waals surface area contributed by atoms with Crippen LogP contribution in [0.2, 0.25) is 0 Å². The molecular formula is C24H25N3O5S. The second-order valence-corrected chi connectivity index (χ2v) is 9.68. The lowest BCUT2D eigenvalue weighted by Gasteiger charge is -2.16. The Morgan fingerprint density at radius 1 is 0.939 bits per heavy atom. The third kappa shape index (κ3) is 5.63. The highest BCUT2D eigenvalue weighted by atomic mass is 32.2. The van der Waals surface area contributed by atoms with E-state index in [0.29, 0.717) is 23.9 Å². The Bertz CT molecular complexity index is 1310. The highest BCUT2D eigenvalue weighted by molar-refractivity contribution is 7.90. The molecule has 0 spiro atoms. The summed E-state index contributed by atoms with van der Waals surface area (Å²) < 4.78 is 40.7. The molecule has 2 N–H and O–H groups in total. The van der Waals surface area contributed by atoms with E-state index in [9.17, 15) is 8.42 Å². The molecule has 0 saturated heterocycles. The van der Waals surface area contributed by atoms with Gasteiger partial charge in [-0.05, 0) is 61.5 Å². The van der Waals surface area contributed by atoms with Gasteiger partial charge in [0.15, 0.2) is 9.84 Å². The molecule has 0 radical (unpaired) electrons. The van der Waals surface area contributed by atoms with Gasteiger partial charge in [0, 0.05) is 36.9 Å². The first kappa shape index (κ1) is 22.6. The van der Waals surface area contributed by atoms with Crippen LogP contribution in [0.3, 0.4) is 0 Å². The molecule has 1 atom stereocenters. The number of nitrogens with zero attached hydrogens (tertiary/aromatic N) is 1. The van der Waals surface area contributed by atoms with E-state index in [0.717, 1.165) is 22.6 Å². The van der Waals surface area contributed by atoms with Crippen LogP contribution in [0.1, 0.15) is 6.92 Å². The van der Waals surface area contributed by atoms with Gasteiger partial charge in [-0.2, -0.15) is 5.10 Å². The van der Waals surface area contributed by atoms with Crippen LogP contribution in [0.4, 0.5) is 0 Å². The molecule has 33 heavy (non-hydrogen) atoms. The van der Waals surface area contributed by atoms with Gasteiger partial charge in [0.2, 0.25) is 0 Å². The van der Waals surface area contributed by atoms with Crippen molar-refractivity contribution in [1.82, 2.24) is 15.2 Å². The summed E-state index contributed by atoms with van der Waals surface area (Å²) >= 11 is 0. The summed E-state index contributed by atoms with van der Waals surface area (Å²) in [5.41, 5.74) is 3.42. The second kappa shape index (κ2) is 9.51. The van der Waals surface area contributed by atoms with E-state index < -0.39 is 9.84 Å². The zero-order chi connectivity index (χ0) is 23.4. The standard InChI is InChI=1S/C24H25N3O5S/c1-16(15-30-2)31-19-12-17(22-8-9-23(26-22)24-10-11-25-27-24)13-20(14-19)32-18-4-6-21(7-5-18)33(3,28)29/h4-14,16,26H,15H2,1-3H3,(H,25,27)/t16-/m0/s1. The summed E-state index contributed by atoms with van der Waals surface area (Å²) in [7, 11) is -1.65. The largest absolute Gasteiger partial charge is 0.488 e. The Kier molecular flexibility index (Phi) is 6.52. The number of hydrogen-bond donors (Lipinski definition) is 2. The minimum absolute atomic E-state index is 0.157. The van der Waals surface area contributed by atoms with Crippen molar-refractivity contribution >= 4 is 9.84 Å². The Morgan fingerprint density at radius 3 is 2.33 bits per heavy atom. The van der Waals surface area contributed by atoms with Crippen LogP contribution in [0.15, 0.2) is 71.8 Å². The van der Waals surface area contributed by atoms with Gasteiger partial charge < -0.3 is 19.2 Å². The molecule has 8 nitrogen and oxygen atoms in total. The first-order chi connectivity index (χ1) is 15.8. The zero-order valence-corrected chi connectivity index (χ0v) is 19.3. The molecule has 4 rings (SSSR count). The van der Waals surface area contributed by atoms with Crippen molar-refractivity contribution in [2.75, 3.05) is 20.0 Å². The lowest BCUT2D eigenvalue weighted by Crippen LogP contribution is -2.17. The summed E-state index contributed by atoms with van der Waals surface area (Å²) in [6, 6.07) is 17.7. The van der Waals surface area contributed by atoms with E-state index >= 15 is 0 Å². The molecule has 0 aliphatic heterocycles. The van der Waals surface area contributed by atoms with Crippen LogP contribution in [-0.2, 0) is 14.6 Å². The molecule has 2 aromatic heterocycles. The topological polar surface area (TPSA) is 106 Å². The second-order valence-electron chi connectivity index (χ2n) is 7.67. The average Bonchev–Trinajstić information content (AvgIpc) is 3.45. The van der Waals surface area contributed by atoms with Crippen molar-refractivity contribution in [1.29, 1.82) is 0 Å². The number of hydrogen-bond acceptors (Lipinski definition) is 6. The quantitative estimate of drug-likeness (QED) is 0.370. The minimum atomic E-state index is -3.28. The predicted octanol–water partition coefficient (Wildman–Crippen LogP) is 4.68. The first-order valence-corrected chi connectivity index (χ1v) is 12.2. The number of aromatic amines is 2. The predicted molar refractivity (Wildman–Crippen MR) is 125 cm³/mol. The smallest absolute Gasteiger partial charge is 0.175 e. The zero-order valence-electron chi connectivity index (χ0n) is 18.5. The van der Waals surface area contributed by atoms with Crippen molar-refractivity contribution in [2.45, 2.75) is 17.9 Å². The van der Waals surface area contributed by atoms with Gasteiger partial charge in [-0.3, -0.25) is 5.10 Å². The monoisotopic (exact) mass is 467 g/mol. The maximum atomic E-state index is 11.7. The van der Waals surface area contributed by atoms with Crippen molar-refractivity contribution < 1.29 is 22.6 Å². The Labute approximate surface area is 192 Å². The first-order valence-electron chi connectivity index (χ1n) is 10.3. The summed E-state index contributed by atoms with van der Waals surface area (Å²) in [5.74, 6) is 1.69. The highest BCUT2D eigenvalue weighted by Gasteiger charge is 2.13. The number of rotatable bonds is 9. The van der Waals surface area contributed by atoms with Gasteiger partial charge in [-0.1, -0.05) is 0 Å². The van der Waals surface area contributed by atoms with Crippen molar-refractivity contribution in [3.8, 4) is 39.9 Å². The Hall–Kier alpha value is -3.56. The summed E-state index contributed by atoms with van der Waals surface area (Å²) in [4.78, 5) is 3.60. The van der Waals surface area contributed by atoms with Gasteiger partial charge in [0.1, 0.15) is 29.0 Å². The van der Waals surface area contributed by atoms with Crippen molar-refractivity contribution in [3.63, 3.8) is 0 Å². The molecule has 0 bridgehead atoms. The highest BCUT2D eigenvalue weighted by Crippen LogP contribution is 2.34. The van der Waals surface area contributed by atoms with E-state index in [1.807, 2.05) is 37.3 Å². The summed E-state index contributed by atoms with van der Waals surface area (Å²) in [5, 5.41) is 7.02. The fourth-order valence-electron chi connectivity index (χ4n) is 3.37. The van der Waals surface area contributed by atoms with E-state index in [-0.39, 0.29) is 11.0 Å². The van der Waals surface area contributed by atoms with Crippen molar-refractivity contribution in [2.24, 2.45) is 0 Å². The normalized spacial score (nSPS) is 12.5. The molecule has 172 valence electrons. The maximum absolute atomic E-state index is 11.7. The lowest BCUT2D eigenvalue weighted by atomic mass is 10.1. The van der Waals surface area contributed by atoms with Gasteiger partial charge in [-0.25, -0.2) is 8.42 Å². The SMILES string of the molecule is COC[C@H](C)Oc1cc(Oc2ccc(S(C)(=O)=O)cc2)cc(-c2ccc(-c3cc[nH]n3)[nH]2)c1. The third-order valence-corrected chi connectivity index (χ3v) is 6.01. The van der Waals surface area contributed by atoms with Gasteiger partial charge >= 0.3 is 0 Å². The molecule has 2 heterocycles. The maximum Gasteiger partial charge on any atom is 0.175 e. The number of sulfone groups is 1. The van der Waals surface area contributed by atoms with Crippen LogP contribution < -0.4 is 9.47 Å². The lowest BCUT2D eigenvalue weighted by molar-refractivity contribution is 0.0920. The van der Waals surface area contributed by atoms with Crippen LogP contribution >= 0.6 is 0 Å². The molecule has 0 unspecified atom stereocenters. The van der Waals surface area contributed by atoms with E-state index in [1.165, 1.54) is 18.4 Å². The van der Waals surface area contributed by atoms with Crippen LogP contribution in [-0.4, -0.2) is 49.7 Å². The van der Waals surface area contributed by atoms with Crippen LogP contribution in [0.5, 0.6) is 17.2 Å². The Balaban J connectivity index is 1.66. The molecule has 0 aliphatic rings. The molecule has 2 aromatic carbocycles. The average molecular weight is 468 g/mol. The third-order valence-electron chi connectivity index (χ3n) is 4.88. The summed E-state index contributed by atoms with van der Waals surface area (Å²) in [6.07, 6.45) is 2.78. The molecule has 9 heteroatoms. The molecule has 4 aromatic rings. The van der Waals surface area contributed by atoms with E-state index in [2.05, 4.69) is 15.2 Å². The van der Waals surface area contributed by atoms with Gasteiger partial charge in [0.25, 0.3) is 0 Å². The van der Waals surface area contributed by atoms with E-state index in [1.54, 1.807) is 31.5 Å². The number of nitrogens with one attached hydrogen (secondary N) is 2. The van der Waals surface area contributed by atoms with Crippen LogP contribution in [0, 0.1) is 0 Å². The summed E-state index contributed by atoms with van der Waals surface area (Å²) in [6.45, 7) is 2.37. The molecule has 0 fully saturated rings. The molecule has 0 aliphatic carbocycles. The van der Waals surface area contributed by atoms with Crippen LogP contribution in [0.25, 0.3) is 22.6 Å². The molecule has 0 saturated carbocycles. The number of H-pyrrole nitrogens is 2. The molecule has 0 amide bonds. The van der Waals surface area contributed by atoms with Crippen molar-refractivity contribution in [3.05, 3.63) is 66.9 Å². The Morgan fingerprint density at radius 2 is 1.67 bits per heavy atom. The fourth-order valence-corrected chi connectivity index (χ4v) is 4.00. The minimum Gasteiger partial charge on any atom is -0.488 e. The number of ether oxygens (including phenoxy) is 3. The van der Waals surface area contributed by atoms with E-state index in [4.69, 9.17) is 14.2 Å². The van der Waals surface area contributed by atoms with Gasteiger partial charge in [-0.15, -0.1) is 0 Å². The van der Waals surface area contributed by atoms with Gasteiger partial charge in [0.05, 0.1) is 17.2 Å².